The maximum atomic E-state index is 11.1. The molecule has 8 nitrogen and oxygen atoms in total. The summed E-state index contributed by atoms with van der Waals surface area (Å²) < 4.78 is 5.78. The Morgan fingerprint density at radius 2 is 2.31 bits per heavy atom. The molecule has 8 heteroatoms. The molecule has 0 aromatic carbocycles. The lowest BCUT2D eigenvalue weighted by Gasteiger charge is -1.98. The van der Waals surface area contributed by atoms with Crippen LogP contribution in [-0.4, -0.2) is 37.8 Å². The summed E-state index contributed by atoms with van der Waals surface area (Å²) in [4.78, 5) is 22.5. The van der Waals surface area contributed by atoms with E-state index < -0.39 is 5.97 Å². The van der Waals surface area contributed by atoms with Gasteiger partial charge in [0, 0.05) is 12.3 Å². The smallest absolute Gasteiger partial charge is 0.377 e. The number of anilines is 1. The van der Waals surface area contributed by atoms with Gasteiger partial charge in [0.25, 0.3) is 5.82 Å². The SMILES string of the molecule is COC(=O)c1ncn(-c2ccnc(N)n2)n1. The van der Waals surface area contributed by atoms with E-state index in [9.17, 15) is 4.79 Å². The van der Waals surface area contributed by atoms with E-state index in [2.05, 4.69) is 24.8 Å². The van der Waals surface area contributed by atoms with Gasteiger partial charge in [0.1, 0.15) is 6.33 Å². The van der Waals surface area contributed by atoms with E-state index in [4.69, 9.17) is 5.73 Å². The third-order valence-corrected chi connectivity index (χ3v) is 1.75. The summed E-state index contributed by atoms with van der Waals surface area (Å²) in [6.45, 7) is 0. The van der Waals surface area contributed by atoms with Gasteiger partial charge in [0.2, 0.25) is 5.95 Å². The van der Waals surface area contributed by atoms with Crippen molar-refractivity contribution in [2.24, 2.45) is 0 Å². The van der Waals surface area contributed by atoms with Crippen LogP contribution in [0.2, 0.25) is 0 Å². The van der Waals surface area contributed by atoms with Crippen molar-refractivity contribution in [1.82, 2.24) is 24.7 Å². The second-order valence-electron chi connectivity index (χ2n) is 2.78. The summed E-state index contributed by atoms with van der Waals surface area (Å²) in [5.41, 5.74) is 5.41. The number of ether oxygens (including phenoxy) is 1. The van der Waals surface area contributed by atoms with Gasteiger partial charge in [-0.2, -0.15) is 4.98 Å². The van der Waals surface area contributed by atoms with E-state index in [0.717, 1.165) is 0 Å². The van der Waals surface area contributed by atoms with Crippen LogP contribution in [-0.2, 0) is 4.74 Å². The first-order valence-electron chi connectivity index (χ1n) is 4.29. The van der Waals surface area contributed by atoms with Crippen LogP contribution in [0.3, 0.4) is 0 Å². The van der Waals surface area contributed by atoms with E-state index in [1.807, 2.05) is 0 Å². The first kappa shape index (κ1) is 10.0. The van der Waals surface area contributed by atoms with Crippen molar-refractivity contribution in [2.45, 2.75) is 0 Å². The number of rotatable bonds is 2. The minimum Gasteiger partial charge on any atom is -0.463 e. The molecule has 82 valence electrons. The molecule has 2 aromatic rings. The fourth-order valence-corrected chi connectivity index (χ4v) is 1.05. The number of hydrogen-bond donors (Lipinski definition) is 1. The van der Waals surface area contributed by atoms with E-state index in [0.29, 0.717) is 5.82 Å². The zero-order valence-corrected chi connectivity index (χ0v) is 8.36. The average Bonchev–Trinajstić information content (AvgIpc) is 2.77. The maximum absolute atomic E-state index is 11.1. The zero-order chi connectivity index (χ0) is 11.5. The number of nitrogen functional groups attached to an aromatic ring is 1. The number of methoxy groups -OCH3 is 1. The highest BCUT2D eigenvalue weighted by molar-refractivity contribution is 5.84. The Bertz CT molecular complexity index is 523. The number of nitrogens with two attached hydrogens (primary N) is 1. The Morgan fingerprint density at radius 1 is 1.50 bits per heavy atom. The van der Waals surface area contributed by atoms with Gasteiger partial charge in [-0.05, 0) is 0 Å². The molecule has 0 fully saturated rings. The van der Waals surface area contributed by atoms with Crippen molar-refractivity contribution in [2.75, 3.05) is 12.8 Å². The molecule has 2 aromatic heterocycles. The third-order valence-electron chi connectivity index (χ3n) is 1.75. The molecule has 0 spiro atoms. The number of aromatic nitrogens is 5. The topological polar surface area (TPSA) is 109 Å². The van der Waals surface area contributed by atoms with Gasteiger partial charge in [-0.25, -0.2) is 19.4 Å². The van der Waals surface area contributed by atoms with Crippen molar-refractivity contribution in [3.05, 3.63) is 24.4 Å². The molecule has 0 radical (unpaired) electrons. The van der Waals surface area contributed by atoms with Gasteiger partial charge in [0.15, 0.2) is 5.82 Å². The van der Waals surface area contributed by atoms with Crippen LogP contribution in [0.1, 0.15) is 10.6 Å². The molecule has 0 saturated carbocycles. The van der Waals surface area contributed by atoms with Crippen LogP contribution >= 0.6 is 0 Å². The van der Waals surface area contributed by atoms with E-state index >= 15 is 0 Å². The molecule has 0 bridgehead atoms. The van der Waals surface area contributed by atoms with Crippen molar-refractivity contribution < 1.29 is 9.53 Å². The predicted octanol–water partition coefficient (Wildman–Crippen LogP) is -0.574. The molecule has 0 aliphatic rings. The van der Waals surface area contributed by atoms with Crippen molar-refractivity contribution in [3.8, 4) is 5.82 Å². The Balaban J connectivity index is 2.35. The molecule has 2 rings (SSSR count). The average molecular weight is 220 g/mol. The molecule has 0 atom stereocenters. The van der Waals surface area contributed by atoms with E-state index in [1.54, 1.807) is 6.07 Å². The monoisotopic (exact) mass is 220 g/mol. The Hall–Kier alpha value is -2.51. The number of esters is 1. The fraction of sp³-hybridized carbons (Fsp3) is 0.125. The zero-order valence-electron chi connectivity index (χ0n) is 8.36. The largest absolute Gasteiger partial charge is 0.463 e. The van der Waals surface area contributed by atoms with Gasteiger partial charge in [-0.3, -0.25) is 0 Å². The fourth-order valence-electron chi connectivity index (χ4n) is 1.05. The highest BCUT2D eigenvalue weighted by Gasteiger charge is 2.12. The summed E-state index contributed by atoms with van der Waals surface area (Å²) in [6.07, 6.45) is 2.82. The number of carbonyl (C=O) groups excluding carboxylic acids is 1. The van der Waals surface area contributed by atoms with E-state index in [1.165, 1.54) is 24.3 Å². The first-order valence-corrected chi connectivity index (χ1v) is 4.29. The minimum atomic E-state index is -0.610. The second kappa shape index (κ2) is 3.93. The summed E-state index contributed by atoms with van der Waals surface area (Å²) in [5, 5.41) is 3.88. The lowest BCUT2D eigenvalue weighted by molar-refractivity contribution is 0.0587. The van der Waals surface area contributed by atoms with E-state index in [-0.39, 0.29) is 11.8 Å². The summed E-state index contributed by atoms with van der Waals surface area (Å²) in [5.74, 6) is -0.108. The number of hydrogen-bond acceptors (Lipinski definition) is 7. The lowest BCUT2D eigenvalue weighted by atomic mass is 10.6. The van der Waals surface area contributed by atoms with Gasteiger partial charge in [0.05, 0.1) is 7.11 Å². The lowest BCUT2D eigenvalue weighted by Crippen LogP contribution is -2.06. The molecular weight excluding hydrogens is 212 g/mol. The number of nitrogens with zero attached hydrogens (tertiary/aromatic N) is 5. The third kappa shape index (κ3) is 1.80. The summed E-state index contributed by atoms with van der Waals surface area (Å²) >= 11 is 0. The van der Waals surface area contributed by atoms with Gasteiger partial charge in [-0.1, -0.05) is 0 Å². The summed E-state index contributed by atoms with van der Waals surface area (Å²) in [7, 11) is 1.26. The van der Waals surface area contributed by atoms with Crippen molar-refractivity contribution in [3.63, 3.8) is 0 Å². The van der Waals surface area contributed by atoms with Crippen molar-refractivity contribution in [1.29, 1.82) is 0 Å². The molecule has 0 unspecified atom stereocenters. The Labute approximate surface area is 90.1 Å². The van der Waals surface area contributed by atoms with Gasteiger partial charge >= 0.3 is 5.97 Å². The maximum Gasteiger partial charge on any atom is 0.377 e. The molecule has 0 aliphatic carbocycles. The van der Waals surface area contributed by atoms with Crippen LogP contribution in [0, 0.1) is 0 Å². The highest BCUT2D eigenvalue weighted by atomic mass is 16.5. The Kier molecular flexibility index (Phi) is 2.46. The molecule has 2 heterocycles. The number of carbonyl (C=O) groups is 1. The molecular formula is C8H8N6O2. The van der Waals surface area contributed by atoms with Crippen LogP contribution in [0.5, 0.6) is 0 Å². The predicted molar refractivity (Wildman–Crippen MR) is 52.7 cm³/mol. The quantitative estimate of drug-likeness (QED) is 0.674. The van der Waals surface area contributed by atoms with Crippen LogP contribution < -0.4 is 5.73 Å². The van der Waals surface area contributed by atoms with Crippen molar-refractivity contribution >= 4 is 11.9 Å². The Morgan fingerprint density at radius 3 is 3.00 bits per heavy atom. The molecule has 0 saturated heterocycles. The molecule has 16 heavy (non-hydrogen) atoms. The molecule has 0 aliphatic heterocycles. The first-order chi connectivity index (χ1) is 7.70. The van der Waals surface area contributed by atoms with Gasteiger partial charge in [-0.15, -0.1) is 5.10 Å². The summed E-state index contributed by atoms with van der Waals surface area (Å²) in [6, 6.07) is 1.59. The van der Waals surface area contributed by atoms with Crippen LogP contribution in [0.4, 0.5) is 5.95 Å². The highest BCUT2D eigenvalue weighted by Crippen LogP contribution is 2.03. The second-order valence-corrected chi connectivity index (χ2v) is 2.78. The van der Waals surface area contributed by atoms with Gasteiger partial charge < -0.3 is 10.5 Å². The molecule has 2 N–H and O–H groups in total. The van der Waals surface area contributed by atoms with Crippen LogP contribution in [0.15, 0.2) is 18.6 Å². The standard InChI is InChI=1S/C8H8N6O2/c1-16-7(15)6-11-4-14(13-6)5-2-3-10-8(9)12-5/h2-4H,1H3,(H2,9,10,12). The molecule has 0 amide bonds. The minimum absolute atomic E-state index is 0.0420. The normalized spacial score (nSPS) is 10.1. The van der Waals surface area contributed by atoms with Crippen LogP contribution in [0.25, 0.3) is 5.82 Å².